The zero-order valence-corrected chi connectivity index (χ0v) is 30.2. The summed E-state index contributed by atoms with van der Waals surface area (Å²) < 4.78 is 28.3. The minimum atomic E-state index is -0.630. The van der Waals surface area contributed by atoms with E-state index in [1.807, 2.05) is 77.7 Å². The number of rotatable bonds is 7. The summed E-state index contributed by atoms with van der Waals surface area (Å²) in [5.74, 6) is 3.27. The Morgan fingerprint density at radius 3 is 2.11 bits per heavy atom. The molecule has 1 amide bonds. The van der Waals surface area contributed by atoms with Crippen LogP contribution in [0.1, 0.15) is 64.6 Å². The molecule has 1 N–H and O–H groups in total. The van der Waals surface area contributed by atoms with Crippen LogP contribution in [0, 0.1) is 0 Å². The van der Waals surface area contributed by atoms with Gasteiger partial charge in [-0.3, -0.25) is 9.69 Å². The summed E-state index contributed by atoms with van der Waals surface area (Å²) in [5, 5.41) is 9.37. The van der Waals surface area contributed by atoms with E-state index < -0.39 is 6.10 Å². The van der Waals surface area contributed by atoms with Gasteiger partial charge in [-0.15, -0.1) is 0 Å². The fourth-order valence-electron chi connectivity index (χ4n) is 7.71. The van der Waals surface area contributed by atoms with Crippen LogP contribution in [0.25, 0.3) is 0 Å². The quantitative estimate of drug-likeness (QED) is 0.223. The van der Waals surface area contributed by atoms with Crippen LogP contribution in [-0.2, 0) is 16.1 Å². The average molecular weight is 721 g/mol. The number of fused-ring (bicyclic) bond motifs is 2. The van der Waals surface area contributed by atoms with Crippen LogP contribution in [0.4, 0.5) is 0 Å². The SMILES string of the molecule is COC(=O)c1cccc([C@H]2CCCN(C(=O)[C@H]3COc4ccccc4O3)C2)c1.OCc1cccc([C@H]2CCCN(C[C@H]3COc4ccccc4O3)C2)c1. The van der Waals surface area contributed by atoms with Crippen LogP contribution in [0.15, 0.2) is 97.1 Å². The fourth-order valence-corrected chi connectivity index (χ4v) is 7.71. The molecule has 0 aliphatic carbocycles. The van der Waals surface area contributed by atoms with Crippen LogP contribution in [0.3, 0.4) is 0 Å². The number of amides is 1. The Hall–Kier alpha value is -5.06. The van der Waals surface area contributed by atoms with Crippen molar-refractivity contribution in [2.45, 2.75) is 56.3 Å². The van der Waals surface area contributed by atoms with Gasteiger partial charge >= 0.3 is 5.97 Å². The number of methoxy groups -OCH3 is 1. The molecule has 0 spiro atoms. The van der Waals surface area contributed by atoms with Crippen molar-refractivity contribution >= 4 is 11.9 Å². The van der Waals surface area contributed by atoms with Crippen molar-refractivity contribution in [3.63, 3.8) is 0 Å². The van der Waals surface area contributed by atoms with Crippen molar-refractivity contribution in [3.05, 3.63) is 119 Å². The van der Waals surface area contributed by atoms with Crippen LogP contribution in [-0.4, -0.2) is 92.0 Å². The maximum absolute atomic E-state index is 13.0. The van der Waals surface area contributed by atoms with Crippen LogP contribution in [0.2, 0.25) is 0 Å². The fraction of sp³-hybridized carbons (Fsp3) is 0.395. The van der Waals surface area contributed by atoms with E-state index in [-0.39, 0.29) is 37.1 Å². The second-order valence-corrected chi connectivity index (χ2v) is 14.1. The molecule has 2 saturated heterocycles. The van der Waals surface area contributed by atoms with Gasteiger partial charge in [-0.25, -0.2) is 4.79 Å². The molecule has 4 atom stereocenters. The minimum Gasteiger partial charge on any atom is -0.486 e. The molecular weight excluding hydrogens is 672 g/mol. The maximum Gasteiger partial charge on any atom is 0.337 e. The molecule has 0 unspecified atom stereocenters. The largest absolute Gasteiger partial charge is 0.486 e. The molecule has 8 rings (SSSR count). The van der Waals surface area contributed by atoms with Gasteiger partial charge in [-0.2, -0.15) is 0 Å². The van der Waals surface area contributed by atoms with Crippen molar-refractivity contribution in [2.24, 2.45) is 0 Å². The molecule has 0 saturated carbocycles. The van der Waals surface area contributed by atoms with Crippen molar-refractivity contribution in [2.75, 3.05) is 53.0 Å². The van der Waals surface area contributed by atoms with E-state index in [1.165, 1.54) is 25.5 Å². The smallest absolute Gasteiger partial charge is 0.337 e. The highest BCUT2D eigenvalue weighted by atomic mass is 16.6. The number of hydrogen-bond donors (Lipinski definition) is 1. The van der Waals surface area contributed by atoms with Crippen LogP contribution in [0.5, 0.6) is 23.0 Å². The second kappa shape index (κ2) is 17.2. The number of benzene rings is 4. The van der Waals surface area contributed by atoms with Gasteiger partial charge in [0.1, 0.15) is 19.3 Å². The molecule has 4 aromatic rings. The van der Waals surface area contributed by atoms with Crippen LogP contribution >= 0.6 is 0 Å². The maximum atomic E-state index is 13.0. The highest BCUT2D eigenvalue weighted by molar-refractivity contribution is 5.89. The van der Waals surface area contributed by atoms with Gasteiger partial charge in [-0.05, 0) is 91.2 Å². The van der Waals surface area contributed by atoms with Gasteiger partial charge < -0.3 is 33.7 Å². The lowest BCUT2D eigenvalue weighted by Gasteiger charge is -2.36. The number of aliphatic hydroxyl groups excluding tert-OH is 1. The Labute approximate surface area is 311 Å². The summed E-state index contributed by atoms with van der Waals surface area (Å²) in [7, 11) is 1.38. The predicted molar refractivity (Wildman–Crippen MR) is 200 cm³/mol. The number of piperidine rings is 2. The topological polar surface area (TPSA) is 107 Å². The van der Waals surface area contributed by atoms with E-state index in [4.69, 9.17) is 23.7 Å². The van der Waals surface area contributed by atoms with Crippen molar-refractivity contribution in [1.82, 2.24) is 9.80 Å². The Morgan fingerprint density at radius 2 is 1.38 bits per heavy atom. The first-order chi connectivity index (χ1) is 26.0. The molecule has 4 heterocycles. The molecule has 10 heteroatoms. The molecule has 53 heavy (non-hydrogen) atoms. The molecule has 2 fully saturated rings. The minimum absolute atomic E-state index is 0.0525. The standard InChI is InChI=1S/C22H23NO5.C21H25NO3/c1-26-22(25)16-7-4-6-15(12-16)17-8-5-11-23(13-17)21(24)20-14-27-18-9-2-3-10-19(18)28-20;23-14-16-5-3-6-17(11-16)18-7-4-10-22(12-18)13-19-15-24-20-8-1-2-9-21(20)25-19/h2-4,6-7,9-10,12,17,20H,5,8,11,13-14H2,1H3;1-3,5-6,8-9,11,18-19,23H,4,7,10,12-15H2/t17-,20+;18-,19-/m00/s1. The highest BCUT2D eigenvalue weighted by Crippen LogP contribution is 2.34. The molecule has 10 nitrogen and oxygen atoms in total. The number of esters is 1. The van der Waals surface area contributed by atoms with E-state index in [2.05, 4.69) is 23.1 Å². The van der Waals surface area contributed by atoms with E-state index in [0.717, 1.165) is 55.1 Å². The third-order valence-corrected chi connectivity index (χ3v) is 10.4. The molecule has 0 bridgehead atoms. The number of likely N-dealkylation sites (tertiary alicyclic amines) is 2. The molecule has 4 aliphatic heterocycles. The van der Waals surface area contributed by atoms with Crippen molar-refractivity contribution in [3.8, 4) is 23.0 Å². The lowest BCUT2D eigenvalue weighted by Crippen LogP contribution is -2.49. The lowest BCUT2D eigenvalue weighted by molar-refractivity contribution is -0.142. The number of hydrogen-bond acceptors (Lipinski definition) is 9. The monoisotopic (exact) mass is 720 g/mol. The number of aliphatic hydroxyl groups is 1. The molecule has 278 valence electrons. The zero-order valence-electron chi connectivity index (χ0n) is 30.2. The number of carbonyl (C=O) groups excluding carboxylic acids is 2. The number of nitrogens with zero attached hydrogens (tertiary/aromatic N) is 2. The van der Waals surface area contributed by atoms with Gasteiger partial charge in [0, 0.05) is 32.1 Å². The normalized spacial score (nSPS) is 22.2. The van der Waals surface area contributed by atoms with Crippen LogP contribution < -0.4 is 18.9 Å². The van der Waals surface area contributed by atoms with Gasteiger partial charge in [-0.1, -0.05) is 60.7 Å². The molecule has 4 aromatic carbocycles. The summed E-state index contributed by atoms with van der Waals surface area (Å²) in [6.45, 7) is 5.28. The van der Waals surface area contributed by atoms with Gasteiger partial charge in [0.05, 0.1) is 19.3 Å². The summed E-state index contributed by atoms with van der Waals surface area (Å²) in [5.41, 5.74) is 3.91. The highest BCUT2D eigenvalue weighted by Gasteiger charge is 2.34. The summed E-state index contributed by atoms with van der Waals surface area (Å²) in [6.07, 6.45) is 3.73. The Morgan fingerprint density at radius 1 is 0.736 bits per heavy atom. The van der Waals surface area contributed by atoms with E-state index in [1.54, 1.807) is 6.07 Å². The van der Waals surface area contributed by atoms with Crippen molar-refractivity contribution in [1.29, 1.82) is 0 Å². The summed E-state index contributed by atoms with van der Waals surface area (Å²) in [6, 6.07) is 31.1. The Bertz CT molecular complexity index is 1870. The van der Waals surface area contributed by atoms with Crippen molar-refractivity contribution < 1.29 is 38.4 Å². The first-order valence-electron chi connectivity index (χ1n) is 18.6. The zero-order chi connectivity index (χ0) is 36.6. The molecule has 0 radical (unpaired) electrons. The first kappa shape index (κ1) is 36.3. The Kier molecular flexibility index (Phi) is 11.8. The predicted octanol–water partition coefficient (Wildman–Crippen LogP) is 6.22. The molecular formula is C43H48N2O8. The third-order valence-electron chi connectivity index (χ3n) is 10.4. The van der Waals surface area contributed by atoms with Gasteiger partial charge in [0.15, 0.2) is 23.0 Å². The number of ether oxygens (including phenoxy) is 5. The summed E-state index contributed by atoms with van der Waals surface area (Å²) >= 11 is 0. The molecule has 0 aromatic heterocycles. The first-order valence-corrected chi connectivity index (χ1v) is 18.6. The van der Waals surface area contributed by atoms with Gasteiger partial charge in [0.25, 0.3) is 5.91 Å². The average Bonchev–Trinajstić information content (AvgIpc) is 3.23. The lowest BCUT2D eigenvalue weighted by atomic mass is 9.89. The molecule has 4 aliphatic rings. The van der Waals surface area contributed by atoms with E-state index >= 15 is 0 Å². The van der Waals surface area contributed by atoms with Gasteiger partial charge in [0.2, 0.25) is 6.10 Å². The summed E-state index contributed by atoms with van der Waals surface area (Å²) in [4.78, 5) is 29.2. The van der Waals surface area contributed by atoms with E-state index in [0.29, 0.717) is 42.7 Å². The second-order valence-electron chi connectivity index (χ2n) is 14.1. The number of para-hydroxylation sites is 4. The van der Waals surface area contributed by atoms with E-state index in [9.17, 15) is 14.7 Å². The third kappa shape index (κ3) is 8.95. The number of carbonyl (C=O) groups is 2. The Balaban J connectivity index is 0.000000165.